The molecule has 0 unspecified atom stereocenters. The van der Waals surface area contributed by atoms with Crippen LogP contribution in [0, 0.1) is 0 Å². The van der Waals surface area contributed by atoms with E-state index in [-0.39, 0.29) is 11.6 Å². The molecule has 0 bridgehead atoms. The predicted octanol–water partition coefficient (Wildman–Crippen LogP) is 6.70. The summed E-state index contributed by atoms with van der Waals surface area (Å²) in [5, 5.41) is 10.8. The van der Waals surface area contributed by atoms with Crippen molar-refractivity contribution in [3.8, 4) is 11.1 Å². The van der Waals surface area contributed by atoms with Crippen LogP contribution in [0.15, 0.2) is 85.6 Å². The normalized spacial score (nSPS) is 14.9. The number of nitrogens with one attached hydrogen (secondary N) is 2. The molecule has 8 heteroatoms. The van der Waals surface area contributed by atoms with Crippen LogP contribution in [0.4, 0.5) is 10.1 Å². The van der Waals surface area contributed by atoms with E-state index in [4.69, 9.17) is 0 Å². The second-order valence-corrected chi connectivity index (χ2v) is 9.59. The summed E-state index contributed by atoms with van der Waals surface area (Å²) in [6.45, 7) is 8.39. The number of rotatable bonds is 8. The first kappa shape index (κ1) is 26.2. The third kappa shape index (κ3) is 6.02. The van der Waals surface area contributed by atoms with E-state index in [1.165, 1.54) is 43.2 Å². The Labute approximate surface area is 227 Å². The molecule has 1 saturated heterocycles. The van der Waals surface area contributed by atoms with E-state index in [2.05, 4.69) is 43.0 Å². The molecule has 1 aliphatic heterocycles. The van der Waals surface area contributed by atoms with E-state index in [1.54, 1.807) is 25.1 Å². The van der Waals surface area contributed by atoms with Crippen molar-refractivity contribution in [1.82, 2.24) is 25.1 Å². The average molecular weight is 523 g/mol. The minimum Gasteiger partial charge on any atom is -0.319 e. The number of fused-ring (bicyclic) bond motifs is 1. The molecular weight excluding hydrogens is 491 g/mol. The first-order valence-electron chi connectivity index (χ1n) is 13.1. The van der Waals surface area contributed by atoms with Crippen LogP contribution < -0.4 is 5.32 Å². The van der Waals surface area contributed by atoms with E-state index in [0.717, 1.165) is 36.3 Å². The van der Waals surface area contributed by atoms with E-state index >= 15 is 0 Å². The molecule has 7 nitrogen and oxygen atoms in total. The number of aromatic amines is 1. The molecule has 0 saturated carbocycles. The molecule has 0 radical (unpaired) electrons. The number of piperidine rings is 1. The highest BCUT2D eigenvalue weighted by atomic mass is 19.1. The summed E-state index contributed by atoms with van der Waals surface area (Å²) in [5.41, 5.74) is 5.41. The summed E-state index contributed by atoms with van der Waals surface area (Å²) in [7, 11) is 0. The number of nitrogens with zero attached hydrogens (tertiary/aromatic N) is 4. The fraction of sp³-hybridized carbons (Fsp3) is 0.226. The van der Waals surface area contributed by atoms with Gasteiger partial charge in [0.25, 0.3) is 5.91 Å². The molecule has 1 amide bonds. The van der Waals surface area contributed by atoms with Gasteiger partial charge in [-0.1, -0.05) is 37.3 Å². The number of hydrogen-bond donors (Lipinski definition) is 2. The minimum absolute atomic E-state index is 0.278. The number of pyridine rings is 2. The highest BCUT2D eigenvalue weighted by Gasteiger charge is 2.17. The number of likely N-dealkylation sites (tertiary alicyclic amines) is 1. The molecule has 4 aromatic rings. The SMILES string of the molecule is C=C/C=C(\C(F)=C/C)c1ccc(NC(=O)c2n[nH]c3ccc(-c4cncc(CN5CCCCC5)c4)cc23)cn1. The lowest BCUT2D eigenvalue weighted by Gasteiger charge is -2.26. The van der Waals surface area contributed by atoms with Gasteiger partial charge in [0.05, 0.1) is 23.1 Å². The van der Waals surface area contributed by atoms with Gasteiger partial charge in [0.2, 0.25) is 0 Å². The molecule has 39 heavy (non-hydrogen) atoms. The first-order chi connectivity index (χ1) is 19.1. The van der Waals surface area contributed by atoms with Crippen molar-refractivity contribution >= 4 is 28.1 Å². The topological polar surface area (TPSA) is 86.8 Å². The monoisotopic (exact) mass is 522 g/mol. The van der Waals surface area contributed by atoms with Crippen LogP contribution in [0.1, 0.15) is 47.9 Å². The Bertz CT molecular complexity index is 1550. The lowest BCUT2D eigenvalue weighted by atomic mass is 10.0. The van der Waals surface area contributed by atoms with Crippen LogP contribution in [0.3, 0.4) is 0 Å². The summed E-state index contributed by atoms with van der Waals surface area (Å²) >= 11 is 0. The quantitative estimate of drug-likeness (QED) is 0.252. The molecule has 0 aliphatic carbocycles. The Morgan fingerprint density at radius 1 is 1.10 bits per heavy atom. The molecular formula is C31H31FN6O. The fourth-order valence-corrected chi connectivity index (χ4v) is 4.85. The van der Waals surface area contributed by atoms with Gasteiger partial charge in [-0.15, -0.1) is 0 Å². The lowest BCUT2D eigenvalue weighted by Crippen LogP contribution is -2.29. The van der Waals surface area contributed by atoms with Crippen LogP contribution in [0.5, 0.6) is 0 Å². The zero-order valence-electron chi connectivity index (χ0n) is 22.0. The number of anilines is 1. The van der Waals surface area contributed by atoms with Crippen molar-refractivity contribution in [1.29, 1.82) is 0 Å². The van der Waals surface area contributed by atoms with Crippen LogP contribution in [0.25, 0.3) is 27.6 Å². The van der Waals surface area contributed by atoms with E-state index in [1.807, 2.05) is 30.6 Å². The molecule has 1 aliphatic rings. The Hall–Kier alpha value is -4.43. The zero-order chi connectivity index (χ0) is 27.2. The Kier molecular flexibility index (Phi) is 8.03. The zero-order valence-corrected chi connectivity index (χ0v) is 22.0. The fourth-order valence-electron chi connectivity index (χ4n) is 4.85. The smallest absolute Gasteiger partial charge is 0.276 e. The van der Waals surface area contributed by atoms with Gasteiger partial charge in [0.15, 0.2) is 5.69 Å². The minimum atomic E-state index is -0.398. The maximum atomic E-state index is 14.2. The van der Waals surface area contributed by atoms with Gasteiger partial charge in [0.1, 0.15) is 5.83 Å². The summed E-state index contributed by atoms with van der Waals surface area (Å²) in [4.78, 5) is 24.4. The highest BCUT2D eigenvalue weighted by molar-refractivity contribution is 6.11. The molecule has 1 aromatic carbocycles. The number of carbonyl (C=O) groups is 1. The van der Waals surface area contributed by atoms with Gasteiger partial charge in [-0.05, 0) is 74.3 Å². The third-order valence-electron chi connectivity index (χ3n) is 6.85. The third-order valence-corrected chi connectivity index (χ3v) is 6.85. The molecule has 198 valence electrons. The van der Waals surface area contributed by atoms with Gasteiger partial charge in [-0.2, -0.15) is 5.10 Å². The van der Waals surface area contributed by atoms with Crippen LogP contribution in [-0.2, 0) is 6.54 Å². The number of amides is 1. The number of benzene rings is 1. The van der Waals surface area contributed by atoms with E-state index in [9.17, 15) is 9.18 Å². The molecule has 1 fully saturated rings. The van der Waals surface area contributed by atoms with Gasteiger partial charge >= 0.3 is 0 Å². The van der Waals surface area contributed by atoms with Gasteiger partial charge < -0.3 is 5.32 Å². The lowest BCUT2D eigenvalue weighted by molar-refractivity contribution is 0.102. The number of allylic oxidation sites excluding steroid dienone is 5. The van der Waals surface area contributed by atoms with Gasteiger partial charge in [-0.25, -0.2) is 4.39 Å². The van der Waals surface area contributed by atoms with E-state index < -0.39 is 5.83 Å². The molecule has 3 aromatic heterocycles. The Balaban J connectivity index is 1.35. The molecule has 5 rings (SSSR count). The van der Waals surface area contributed by atoms with Crippen LogP contribution in [0.2, 0.25) is 0 Å². The summed E-state index contributed by atoms with van der Waals surface area (Å²) in [5.74, 6) is -0.767. The summed E-state index contributed by atoms with van der Waals surface area (Å²) in [6.07, 6.45) is 13.5. The van der Waals surface area contributed by atoms with Crippen LogP contribution >= 0.6 is 0 Å². The number of carbonyl (C=O) groups excluding carboxylic acids is 1. The van der Waals surface area contributed by atoms with Crippen molar-refractivity contribution in [2.45, 2.75) is 32.7 Å². The summed E-state index contributed by atoms with van der Waals surface area (Å²) in [6, 6.07) is 11.4. The summed E-state index contributed by atoms with van der Waals surface area (Å²) < 4.78 is 14.2. The molecule has 0 atom stereocenters. The van der Waals surface area contributed by atoms with Crippen LogP contribution in [-0.4, -0.2) is 44.1 Å². The van der Waals surface area contributed by atoms with Crippen molar-refractivity contribution in [2.24, 2.45) is 0 Å². The Morgan fingerprint density at radius 3 is 2.69 bits per heavy atom. The van der Waals surface area contributed by atoms with Crippen molar-refractivity contribution in [3.05, 3.63) is 103 Å². The van der Waals surface area contributed by atoms with E-state index in [0.29, 0.717) is 22.3 Å². The molecule has 4 heterocycles. The number of hydrogen-bond acceptors (Lipinski definition) is 5. The Morgan fingerprint density at radius 2 is 1.95 bits per heavy atom. The maximum Gasteiger partial charge on any atom is 0.276 e. The van der Waals surface area contributed by atoms with Crippen molar-refractivity contribution in [2.75, 3.05) is 18.4 Å². The first-order valence-corrected chi connectivity index (χ1v) is 13.1. The second-order valence-electron chi connectivity index (χ2n) is 9.59. The number of H-pyrrole nitrogens is 1. The van der Waals surface area contributed by atoms with Gasteiger partial charge in [0, 0.05) is 35.5 Å². The van der Waals surface area contributed by atoms with Gasteiger partial charge in [-0.3, -0.25) is 24.8 Å². The predicted molar refractivity (Wildman–Crippen MR) is 154 cm³/mol. The maximum absolute atomic E-state index is 14.2. The largest absolute Gasteiger partial charge is 0.319 e. The molecule has 2 N–H and O–H groups in total. The van der Waals surface area contributed by atoms with Crippen molar-refractivity contribution in [3.63, 3.8) is 0 Å². The number of aromatic nitrogens is 4. The highest BCUT2D eigenvalue weighted by Crippen LogP contribution is 2.27. The number of halogens is 1. The second kappa shape index (κ2) is 12.0. The molecule has 0 spiro atoms. The van der Waals surface area contributed by atoms with Crippen molar-refractivity contribution < 1.29 is 9.18 Å². The average Bonchev–Trinajstić information content (AvgIpc) is 3.40. The standard InChI is InChI=1S/C31H31FN6O/c1-3-8-25(27(32)4-2)28-12-10-24(19-34-28)35-31(39)30-26-16-22(9-11-29(26)36-37-30)23-15-21(17-33-18-23)20-38-13-6-5-7-14-38/h3-4,8-12,15-19H,1,5-7,13-14,20H2,2H3,(H,35,39)(H,36,37)/b25-8+,27-4+.